The lowest BCUT2D eigenvalue weighted by Crippen LogP contribution is -2.33. The van der Waals surface area contributed by atoms with E-state index in [2.05, 4.69) is 16.8 Å². The van der Waals surface area contributed by atoms with Gasteiger partial charge in [-0.05, 0) is 25.3 Å². The second-order valence-corrected chi connectivity index (χ2v) is 5.76. The zero-order chi connectivity index (χ0) is 9.97. The molecule has 2 nitrogen and oxygen atoms in total. The number of hydrogen-bond acceptors (Lipinski definition) is 3. The van der Waals surface area contributed by atoms with Crippen LogP contribution in [-0.2, 0) is 6.54 Å². The van der Waals surface area contributed by atoms with Gasteiger partial charge in [0.25, 0.3) is 0 Å². The van der Waals surface area contributed by atoms with E-state index in [1.54, 1.807) is 11.3 Å². The third-order valence-electron chi connectivity index (χ3n) is 2.65. The van der Waals surface area contributed by atoms with E-state index in [-0.39, 0.29) is 0 Å². The van der Waals surface area contributed by atoms with Crippen molar-refractivity contribution >= 4 is 22.9 Å². The van der Waals surface area contributed by atoms with Crippen molar-refractivity contribution in [1.29, 1.82) is 0 Å². The highest BCUT2D eigenvalue weighted by Crippen LogP contribution is 2.22. The van der Waals surface area contributed by atoms with Gasteiger partial charge in [0.1, 0.15) is 0 Å². The summed E-state index contributed by atoms with van der Waals surface area (Å²) in [5.41, 5.74) is 0. The summed E-state index contributed by atoms with van der Waals surface area (Å²) in [5.74, 6) is 0.840. The summed E-state index contributed by atoms with van der Waals surface area (Å²) < 4.78 is 0.657. The second kappa shape index (κ2) is 4.60. The minimum absolute atomic E-state index is 0.657. The number of likely N-dealkylation sites (tertiary alicyclic amines) is 1. The number of piperidine rings is 1. The molecular weight excluding hydrogens is 216 g/mol. The molecule has 0 aromatic carbocycles. The molecule has 1 aromatic rings. The lowest BCUT2D eigenvalue weighted by Gasteiger charge is -2.30. The zero-order valence-electron chi connectivity index (χ0n) is 8.37. The molecule has 0 N–H and O–H groups in total. The van der Waals surface area contributed by atoms with Crippen LogP contribution < -0.4 is 0 Å². The average molecular weight is 231 g/mol. The molecule has 1 aliphatic rings. The van der Waals surface area contributed by atoms with E-state index < -0.39 is 0 Å². The number of halogens is 1. The van der Waals surface area contributed by atoms with Crippen LogP contribution in [0.25, 0.3) is 0 Å². The smallest absolute Gasteiger partial charge is 0.183 e. The van der Waals surface area contributed by atoms with E-state index in [0.29, 0.717) is 4.47 Å². The molecule has 1 fully saturated rings. The van der Waals surface area contributed by atoms with Crippen molar-refractivity contribution in [3.8, 4) is 0 Å². The largest absolute Gasteiger partial charge is 0.298 e. The highest BCUT2D eigenvalue weighted by molar-refractivity contribution is 7.15. The molecule has 2 heterocycles. The Bertz CT molecular complexity index is 300. The molecule has 1 aliphatic heterocycles. The first-order valence-electron chi connectivity index (χ1n) is 5.06. The van der Waals surface area contributed by atoms with Gasteiger partial charge in [-0.3, -0.25) is 4.90 Å². The Labute approximate surface area is 93.9 Å². The maximum absolute atomic E-state index is 5.80. The van der Waals surface area contributed by atoms with Crippen molar-refractivity contribution in [1.82, 2.24) is 9.88 Å². The molecule has 0 amide bonds. The molecule has 0 radical (unpaired) electrons. The predicted octanol–water partition coefficient (Wildman–Crippen LogP) is 3.03. The number of thiazole rings is 1. The van der Waals surface area contributed by atoms with Crippen LogP contribution in [0.4, 0.5) is 0 Å². The highest BCUT2D eigenvalue weighted by Gasteiger charge is 2.16. The van der Waals surface area contributed by atoms with Crippen molar-refractivity contribution in [2.45, 2.75) is 26.3 Å². The SMILES string of the molecule is C[C@H]1CCCN(Cc2cnc(Cl)s2)C1. The fourth-order valence-electron chi connectivity index (χ4n) is 2.01. The van der Waals surface area contributed by atoms with Crippen LogP contribution >= 0.6 is 22.9 Å². The summed E-state index contributed by atoms with van der Waals surface area (Å²) in [6, 6.07) is 0. The van der Waals surface area contributed by atoms with Gasteiger partial charge >= 0.3 is 0 Å². The Balaban J connectivity index is 1.90. The topological polar surface area (TPSA) is 16.1 Å². The summed E-state index contributed by atoms with van der Waals surface area (Å²) >= 11 is 7.39. The van der Waals surface area contributed by atoms with Crippen LogP contribution in [0, 0.1) is 5.92 Å². The number of aromatic nitrogens is 1. The van der Waals surface area contributed by atoms with Crippen LogP contribution in [0.1, 0.15) is 24.6 Å². The number of nitrogens with zero attached hydrogens (tertiary/aromatic N) is 2. The molecule has 0 aliphatic carbocycles. The van der Waals surface area contributed by atoms with Gasteiger partial charge in [0, 0.05) is 24.2 Å². The molecule has 1 atom stereocenters. The second-order valence-electron chi connectivity index (χ2n) is 4.06. The van der Waals surface area contributed by atoms with Crippen LogP contribution in [0.5, 0.6) is 0 Å². The van der Waals surface area contributed by atoms with Gasteiger partial charge in [-0.15, -0.1) is 11.3 Å². The molecule has 0 unspecified atom stereocenters. The third-order valence-corrected chi connectivity index (χ3v) is 3.75. The standard InChI is InChI=1S/C10H15ClN2S/c1-8-3-2-4-13(6-8)7-9-5-12-10(11)14-9/h5,8H,2-4,6-7H2,1H3/t8-/m0/s1. The van der Waals surface area contributed by atoms with Crippen molar-refractivity contribution in [3.05, 3.63) is 15.5 Å². The van der Waals surface area contributed by atoms with Gasteiger partial charge in [-0.1, -0.05) is 18.5 Å². The van der Waals surface area contributed by atoms with Gasteiger partial charge in [-0.2, -0.15) is 0 Å². The van der Waals surface area contributed by atoms with Crippen molar-refractivity contribution in [3.63, 3.8) is 0 Å². The molecule has 0 spiro atoms. The number of hydrogen-bond donors (Lipinski definition) is 0. The van der Waals surface area contributed by atoms with Crippen LogP contribution in [-0.4, -0.2) is 23.0 Å². The first-order valence-corrected chi connectivity index (χ1v) is 6.26. The summed E-state index contributed by atoms with van der Waals surface area (Å²) in [6.45, 7) is 5.79. The molecule has 1 saturated heterocycles. The molecule has 2 rings (SSSR count). The Morgan fingerprint density at radius 3 is 3.21 bits per heavy atom. The van der Waals surface area contributed by atoms with Crippen molar-refractivity contribution in [2.24, 2.45) is 5.92 Å². The lowest BCUT2D eigenvalue weighted by molar-refractivity contribution is 0.178. The van der Waals surface area contributed by atoms with E-state index in [9.17, 15) is 0 Å². The van der Waals surface area contributed by atoms with Crippen LogP contribution in [0.15, 0.2) is 6.20 Å². The number of rotatable bonds is 2. The first-order chi connectivity index (χ1) is 6.74. The van der Waals surface area contributed by atoms with E-state index in [0.717, 1.165) is 12.5 Å². The molecule has 0 saturated carbocycles. The average Bonchev–Trinajstić information content (AvgIpc) is 2.51. The fourth-order valence-corrected chi connectivity index (χ4v) is 3.03. The Kier molecular flexibility index (Phi) is 3.42. The minimum Gasteiger partial charge on any atom is -0.298 e. The molecule has 4 heteroatoms. The van der Waals surface area contributed by atoms with Gasteiger partial charge in [0.2, 0.25) is 0 Å². The van der Waals surface area contributed by atoms with Gasteiger partial charge in [0.15, 0.2) is 4.47 Å². The van der Waals surface area contributed by atoms with E-state index in [1.807, 2.05) is 6.20 Å². The lowest BCUT2D eigenvalue weighted by atomic mass is 10.0. The molecule has 78 valence electrons. The first kappa shape index (κ1) is 10.4. The maximum Gasteiger partial charge on any atom is 0.183 e. The normalized spacial score (nSPS) is 24.0. The summed E-state index contributed by atoms with van der Waals surface area (Å²) in [4.78, 5) is 7.84. The van der Waals surface area contributed by atoms with Crippen LogP contribution in [0.3, 0.4) is 0 Å². The monoisotopic (exact) mass is 230 g/mol. The van der Waals surface area contributed by atoms with Crippen molar-refractivity contribution in [2.75, 3.05) is 13.1 Å². The molecule has 14 heavy (non-hydrogen) atoms. The Hall–Kier alpha value is -0.120. The maximum atomic E-state index is 5.80. The summed E-state index contributed by atoms with van der Waals surface area (Å²) in [7, 11) is 0. The van der Waals surface area contributed by atoms with E-state index >= 15 is 0 Å². The fraction of sp³-hybridized carbons (Fsp3) is 0.700. The Morgan fingerprint density at radius 1 is 1.71 bits per heavy atom. The predicted molar refractivity (Wildman–Crippen MR) is 60.8 cm³/mol. The van der Waals surface area contributed by atoms with Gasteiger partial charge < -0.3 is 0 Å². The quantitative estimate of drug-likeness (QED) is 0.777. The summed E-state index contributed by atoms with van der Waals surface area (Å²) in [5, 5.41) is 0. The van der Waals surface area contributed by atoms with E-state index in [1.165, 1.54) is 30.8 Å². The third kappa shape index (κ3) is 2.69. The Morgan fingerprint density at radius 2 is 2.57 bits per heavy atom. The molecule has 1 aromatic heterocycles. The molecular formula is C10H15ClN2S. The zero-order valence-corrected chi connectivity index (χ0v) is 9.94. The highest BCUT2D eigenvalue weighted by atomic mass is 35.5. The minimum atomic E-state index is 0.657. The van der Waals surface area contributed by atoms with Crippen LogP contribution in [0.2, 0.25) is 4.47 Å². The molecule has 0 bridgehead atoms. The van der Waals surface area contributed by atoms with E-state index in [4.69, 9.17) is 11.6 Å². The van der Waals surface area contributed by atoms with Crippen molar-refractivity contribution < 1.29 is 0 Å². The summed E-state index contributed by atoms with van der Waals surface area (Å²) in [6.07, 6.45) is 4.60. The van der Waals surface area contributed by atoms with Gasteiger partial charge in [0.05, 0.1) is 0 Å². The van der Waals surface area contributed by atoms with Gasteiger partial charge in [-0.25, -0.2) is 4.98 Å².